The number of aromatic amines is 1. The van der Waals surface area contributed by atoms with Gasteiger partial charge in [0.1, 0.15) is 0 Å². The lowest BCUT2D eigenvalue weighted by Gasteiger charge is -2.00. The van der Waals surface area contributed by atoms with Gasteiger partial charge in [0, 0.05) is 10.4 Å². The third-order valence-corrected chi connectivity index (χ3v) is 2.83. The van der Waals surface area contributed by atoms with Crippen molar-refractivity contribution in [3.63, 3.8) is 0 Å². The van der Waals surface area contributed by atoms with Crippen LogP contribution in [0.2, 0.25) is 0 Å². The zero-order chi connectivity index (χ0) is 11.0. The molecule has 1 N–H and O–H groups in total. The number of thiazole rings is 1. The first-order valence-corrected chi connectivity index (χ1v) is 5.04. The van der Waals surface area contributed by atoms with E-state index in [1.807, 2.05) is 0 Å². The first-order chi connectivity index (χ1) is 7.08. The molecule has 0 saturated heterocycles. The second-order valence-electron chi connectivity index (χ2n) is 3.07. The van der Waals surface area contributed by atoms with E-state index in [1.165, 1.54) is 6.07 Å². The molecule has 0 bridgehead atoms. The summed E-state index contributed by atoms with van der Waals surface area (Å²) in [5, 5.41) is 0. The largest absolute Gasteiger partial charge is 0.312 e. The summed E-state index contributed by atoms with van der Waals surface area (Å²) < 4.78 is 25.6. The van der Waals surface area contributed by atoms with Crippen LogP contribution in [-0.4, -0.2) is 4.98 Å². The Hall–Kier alpha value is -1.49. The lowest BCUT2D eigenvalue weighted by molar-refractivity contribution is 0.509. The van der Waals surface area contributed by atoms with Crippen molar-refractivity contribution in [2.75, 3.05) is 0 Å². The Morgan fingerprint density at radius 1 is 1.27 bits per heavy atom. The van der Waals surface area contributed by atoms with E-state index < -0.39 is 11.6 Å². The van der Waals surface area contributed by atoms with E-state index in [1.54, 1.807) is 6.92 Å². The fourth-order valence-electron chi connectivity index (χ4n) is 1.33. The van der Waals surface area contributed by atoms with Crippen LogP contribution in [0.5, 0.6) is 0 Å². The predicted molar refractivity (Wildman–Crippen MR) is 55.0 cm³/mol. The first kappa shape index (κ1) is 10.0. The molecule has 0 fully saturated rings. The highest BCUT2D eigenvalue weighted by molar-refractivity contribution is 7.09. The number of aryl methyl sites for hydroxylation is 1. The van der Waals surface area contributed by atoms with Gasteiger partial charge in [0.25, 0.3) is 0 Å². The normalized spacial score (nSPS) is 10.6. The lowest BCUT2D eigenvalue weighted by Crippen LogP contribution is -1.93. The van der Waals surface area contributed by atoms with Crippen molar-refractivity contribution in [2.45, 2.75) is 6.92 Å². The van der Waals surface area contributed by atoms with Gasteiger partial charge in [-0.3, -0.25) is 4.79 Å². The molecule has 5 heteroatoms. The molecule has 0 spiro atoms. The monoisotopic (exact) mass is 227 g/mol. The van der Waals surface area contributed by atoms with Crippen molar-refractivity contribution in [3.8, 4) is 11.3 Å². The second kappa shape index (κ2) is 3.58. The fraction of sp³-hybridized carbons (Fsp3) is 0.100. The Labute approximate surface area is 88.2 Å². The molecule has 1 aromatic heterocycles. The average molecular weight is 227 g/mol. The number of nitrogens with one attached hydrogen (secondary N) is 1. The van der Waals surface area contributed by atoms with Crippen LogP contribution in [0.15, 0.2) is 23.0 Å². The summed E-state index contributed by atoms with van der Waals surface area (Å²) in [5.74, 6) is -1.81. The minimum absolute atomic E-state index is 0.202. The van der Waals surface area contributed by atoms with Crippen LogP contribution in [0.1, 0.15) is 4.88 Å². The minimum atomic E-state index is -0.918. The van der Waals surface area contributed by atoms with Crippen LogP contribution in [0.25, 0.3) is 11.3 Å². The summed E-state index contributed by atoms with van der Waals surface area (Å²) >= 11 is 1.05. The Bertz CT molecular complexity index is 559. The first-order valence-electron chi connectivity index (χ1n) is 4.23. The Morgan fingerprint density at radius 2 is 2.00 bits per heavy atom. The standard InChI is InChI=1S/C10H7F2NOS/c1-5-9(13-10(14)15-5)6-2-3-7(11)8(12)4-6/h2-4H,1H3,(H,13,14). The van der Waals surface area contributed by atoms with Crippen LogP contribution in [0, 0.1) is 18.6 Å². The van der Waals surface area contributed by atoms with E-state index in [2.05, 4.69) is 4.98 Å². The van der Waals surface area contributed by atoms with Crippen molar-refractivity contribution >= 4 is 11.3 Å². The van der Waals surface area contributed by atoms with Crippen molar-refractivity contribution in [3.05, 3.63) is 44.4 Å². The van der Waals surface area contributed by atoms with E-state index >= 15 is 0 Å². The Balaban J connectivity index is 2.59. The summed E-state index contributed by atoms with van der Waals surface area (Å²) in [6.45, 7) is 1.75. The summed E-state index contributed by atoms with van der Waals surface area (Å²) in [4.78, 5) is 14.2. The Kier molecular flexibility index (Phi) is 2.40. The highest BCUT2D eigenvalue weighted by Gasteiger charge is 2.09. The predicted octanol–water partition coefficient (Wildman–Crippen LogP) is 2.69. The molecule has 2 nitrogen and oxygen atoms in total. The number of aromatic nitrogens is 1. The zero-order valence-electron chi connectivity index (χ0n) is 7.80. The van der Waals surface area contributed by atoms with E-state index in [0.717, 1.165) is 28.3 Å². The van der Waals surface area contributed by atoms with Crippen LogP contribution in [0.4, 0.5) is 8.78 Å². The van der Waals surface area contributed by atoms with E-state index in [-0.39, 0.29) is 4.87 Å². The molecule has 2 aromatic rings. The van der Waals surface area contributed by atoms with Crippen molar-refractivity contribution < 1.29 is 8.78 Å². The molecule has 1 heterocycles. The number of rotatable bonds is 1. The molecule has 0 aliphatic heterocycles. The number of halogens is 2. The van der Waals surface area contributed by atoms with Gasteiger partial charge in [-0.1, -0.05) is 11.3 Å². The highest BCUT2D eigenvalue weighted by Crippen LogP contribution is 2.23. The molecule has 0 unspecified atom stereocenters. The maximum absolute atomic E-state index is 12.9. The van der Waals surface area contributed by atoms with Gasteiger partial charge in [0.05, 0.1) is 5.69 Å². The van der Waals surface area contributed by atoms with Crippen LogP contribution >= 0.6 is 11.3 Å². The average Bonchev–Trinajstić information content (AvgIpc) is 2.50. The molecular formula is C10H7F2NOS. The zero-order valence-corrected chi connectivity index (χ0v) is 8.62. The third-order valence-electron chi connectivity index (χ3n) is 2.03. The summed E-state index contributed by atoms with van der Waals surface area (Å²) in [7, 11) is 0. The van der Waals surface area contributed by atoms with Gasteiger partial charge in [-0.2, -0.15) is 0 Å². The molecular weight excluding hydrogens is 220 g/mol. The maximum Gasteiger partial charge on any atom is 0.305 e. The SMILES string of the molecule is Cc1sc(=O)[nH]c1-c1ccc(F)c(F)c1. The minimum Gasteiger partial charge on any atom is -0.312 e. The lowest BCUT2D eigenvalue weighted by atomic mass is 10.1. The van der Waals surface area contributed by atoms with Gasteiger partial charge in [-0.15, -0.1) is 0 Å². The van der Waals surface area contributed by atoms with Crippen LogP contribution in [-0.2, 0) is 0 Å². The van der Waals surface area contributed by atoms with Gasteiger partial charge in [0.15, 0.2) is 11.6 Å². The van der Waals surface area contributed by atoms with Gasteiger partial charge in [-0.05, 0) is 25.1 Å². The fourth-order valence-corrected chi connectivity index (χ4v) is 2.03. The van der Waals surface area contributed by atoms with Gasteiger partial charge in [-0.25, -0.2) is 8.78 Å². The summed E-state index contributed by atoms with van der Waals surface area (Å²) in [6, 6.07) is 3.55. The molecule has 78 valence electrons. The molecule has 15 heavy (non-hydrogen) atoms. The van der Waals surface area contributed by atoms with E-state index in [9.17, 15) is 13.6 Å². The number of benzene rings is 1. The molecule has 0 radical (unpaired) electrons. The number of hydrogen-bond acceptors (Lipinski definition) is 2. The molecule has 0 atom stereocenters. The quantitative estimate of drug-likeness (QED) is 0.798. The van der Waals surface area contributed by atoms with Crippen LogP contribution in [0.3, 0.4) is 0 Å². The molecule has 2 rings (SSSR count). The smallest absolute Gasteiger partial charge is 0.305 e. The van der Waals surface area contributed by atoms with Gasteiger partial charge >= 0.3 is 4.87 Å². The number of hydrogen-bond donors (Lipinski definition) is 1. The van der Waals surface area contributed by atoms with Crippen molar-refractivity contribution in [1.82, 2.24) is 4.98 Å². The number of H-pyrrole nitrogens is 1. The van der Waals surface area contributed by atoms with Crippen molar-refractivity contribution in [1.29, 1.82) is 0 Å². The van der Waals surface area contributed by atoms with Crippen LogP contribution < -0.4 is 4.87 Å². The van der Waals surface area contributed by atoms with E-state index in [4.69, 9.17) is 0 Å². The Morgan fingerprint density at radius 3 is 2.53 bits per heavy atom. The van der Waals surface area contributed by atoms with Gasteiger partial charge in [0.2, 0.25) is 0 Å². The maximum atomic E-state index is 12.9. The second-order valence-corrected chi connectivity index (χ2v) is 4.26. The van der Waals surface area contributed by atoms with Gasteiger partial charge < -0.3 is 4.98 Å². The van der Waals surface area contributed by atoms with E-state index in [0.29, 0.717) is 11.3 Å². The molecule has 0 amide bonds. The molecule has 0 aliphatic rings. The summed E-state index contributed by atoms with van der Waals surface area (Å²) in [6.07, 6.45) is 0. The molecule has 0 saturated carbocycles. The molecule has 1 aromatic carbocycles. The van der Waals surface area contributed by atoms with Crippen molar-refractivity contribution in [2.24, 2.45) is 0 Å². The third kappa shape index (κ3) is 1.83. The topological polar surface area (TPSA) is 32.9 Å². The molecule has 0 aliphatic carbocycles. The highest BCUT2D eigenvalue weighted by atomic mass is 32.1. The summed E-state index contributed by atoms with van der Waals surface area (Å²) in [5.41, 5.74) is 1.02.